The van der Waals surface area contributed by atoms with Gasteiger partial charge >= 0.3 is 6.09 Å². The molecule has 0 radical (unpaired) electrons. The van der Waals surface area contributed by atoms with Crippen molar-refractivity contribution in [2.24, 2.45) is 0 Å². The number of rotatable bonds is 4. The van der Waals surface area contributed by atoms with Crippen LogP contribution in [0.4, 0.5) is 9.18 Å². The molecule has 6 heteroatoms. The van der Waals surface area contributed by atoms with Gasteiger partial charge in [-0.3, -0.25) is 0 Å². The van der Waals surface area contributed by atoms with E-state index in [1.54, 1.807) is 0 Å². The van der Waals surface area contributed by atoms with E-state index < -0.39 is 11.7 Å². The second-order valence-corrected chi connectivity index (χ2v) is 6.69. The number of phenolic OH excluding ortho intramolecular Hbond substituents is 1. The van der Waals surface area contributed by atoms with Crippen LogP contribution in [0.5, 0.6) is 5.75 Å². The highest BCUT2D eigenvalue weighted by Gasteiger charge is 2.40. The largest absolute Gasteiger partial charge is 0.508 e. The first-order valence-corrected chi connectivity index (χ1v) is 7.39. The quantitative estimate of drug-likeness (QED) is 0.800. The number of hydrogen-bond donors (Lipinski definition) is 3. The zero-order valence-electron chi connectivity index (χ0n) is 13.3. The van der Waals surface area contributed by atoms with Gasteiger partial charge in [-0.1, -0.05) is 0 Å². The number of carbonyl (C=O) groups excluding carboxylic acids is 1. The maximum Gasteiger partial charge on any atom is 0.407 e. The van der Waals surface area contributed by atoms with Gasteiger partial charge in [-0.05, 0) is 52.3 Å². The molecule has 5 nitrogen and oxygen atoms in total. The Balaban J connectivity index is 1.84. The van der Waals surface area contributed by atoms with Crippen molar-refractivity contribution in [1.29, 1.82) is 0 Å². The number of hydrogen-bond acceptors (Lipinski definition) is 4. The normalized spacial score (nSPS) is 22.0. The highest BCUT2D eigenvalue weighted by atomic mass is 19.1. The maximum atomic E-state index is 13.3. The molecule has 3 unspecified atom stereocenters. The minimum Gasteiger partial charge on any atom is -0.508 e. The van der Waals surface area contributed by atoms with Crippen molar-refractivity contribution in [3.8, 4) is 5.75 Å². The summed E-state index contributed by atoms with van der Waals surface area (Å²) in [5.74, 6) is -0.334. The van der Waals surface area contributed by atoms with Crippen molar-refractivity contribution in [2.75, 3.05) is 0 Å². The average Bonchev–Trinajstić information content (AvgIpc) is 3.07. The van der Waals surface area contributed by atoms with Crippen LogP contribution >= 0.6 is 0 Å². The van der Waals surface area contributed by atoms with E-state index in [9.17, 15) is 14.3 Å². The Morgan fingerprint density at radius 3 is 2.73 bits per heavy atom. The third-order valence-electron chi connectivity index (χ3n) is 3.41. The number of nitrogens with one attached hydrogen (secondary N) is 2. The number of carbonyl (C=O) groups is 1. The predicted octanol–water partition coefficient (Wildman–Crippen LogP) is 2.85. The van der Waals surface area contributed by atoms with Gasteiger partial charge in [0.25, 0.3) is 0 Å². The number of aromatic hydroxyl groups is 1. The molecule has 0 spiro atoms. The fourth-order valence-electron chi connectivity index (χ4n) is 2.28. The Morgan fingerprint density at radius 1 is 1.41 bits per heavy atom. The number of halogens is 1. The van der Waals surface area contributed by atoms with Gasteiger partial charge in [0.15, 0.2) is 0 Å². The van der Waals surface area contributed by atoms with Crippen molar-refractivity contribution in [3.63, 3.8) is 0 Å². The third kappa shape index (κ3) is 4.59. The molecule has 3 N–H and O–H groups in total. The Morgan fingerprint density at radius 2 is 2.09 bits per heavy atom. The molecular weight excluding hydrogens is 287 g/mol. The van der Waals surface area contributed by atoms with Gasteiger partial charge in [0, 0.05) is 23.7 Å². The Labute approximate surface area is 129 Å². The monoisotopic (exact) mass is 310 g/mol. The van der Waals surface area contributed by atoms with E-state index in [1.807, 2.05) is 27.7 Å². The first kappa shape index (κ1) is 16.5. The first-order valence-electron chi connectivity index (χ1n) is 7.39. The smallest absolute Gasteiger partial charge is 0.407 e. The average molecular weight is 310 g/mol. The van der Waals surface area contributed by atoms with Crippen molar-refractivity contribution < 1.29 is 19.0 Å². The van der Waals surface area contributed by atoms with E-state index in [4.69, 9.17) is 4.74 Å². The molecule has 1 fully saturated rings. The standard InChI is InChI=1S/C16H23FN2O3/c1-9(11-7-10(17)5-6-14(11)20)18-12-8-13(12)19-15(21)22-16(2,3)4/h5-7,9,12-13,18,20H,8H2,1-4H3,(H,19,21). The molecule has 1 aliphatic rings. The van der Waals surface area contributed by atoms with Crippen LogP contribution in [0, 0.1) is 5.82 Å². The lowest BCUT2D eigenvalue weighted by Crippen LogP contribution is -2.37. The van der Waals surface area contributed by atoms with Crippen molar-refractivity contribution in [1.82, 2.24) is 10.6 Å². The molecule has 1 aromatic carbocycles. The van der Waals surface area contributed by atoms with Crippen LogP contribution in [0.3, 0.4) is 0 Å². The van der Waals surface area contributed by atoms with Gasteiger partial charge in [0.1, 0.15) is 17.2 Å². The van der Waals surface area contributed by atoms with Crippen LogP contribution in [-0.2, 0) is 4.74 Å². The summed E-state index contributed by atoms with van der Waals surface area (Å²) in [4.78, 5) is 11.7. The molecule has 0 bridgehead atoms. The lowest BCUT2D eigenvalue weighted by molar-refractivity contribution is 0.0522. The van der Waals surface area contributed by atoms with Gasteiger partial charge in [-0.25, -0.2) is 9.18 Å². The molecule has 0 aliphatic heterocycles. The fourth-order valence-corrected chi connectivity index (χ4v) is 2.28. The van der Waals surface area contributed by atoms with E-state index >= 15 is 0 Å². The molecule has 1 amide bonds. The molecular formula is C16H23FN2O3. The number of phenols is 1. The molecule has 0 saturated heterocycles. The molecule has 0 heterocycles. The van der Waals surface area contributed by atoms with E-state index in [-0.39, 0.29) is 29.7 Å². The summed E-state index contributed by atoms with van der Waals surface area (Å²) in [6.07, 6.45) is 0.336. The molecule has 0 aromatic heterocycles. The second kappa shape index (κ2) is 6.12. The zero-order chi connectivity index (χ0) is 16.5. The SMILES string of the molecule is CC(NC1CC1NC(=O)OC(C)(C)C)c1cc(F)ccc1O. The lowest BCUT2D eigenvalue weighted by Gasteiger charge is -2.20. The summed E-state index contributed by atoms with van der Waals surface area (Å²) < 4.78 is 18.4. The summed E-state index contributed by atoms with van der Waals surface area (Å²) in [6.45, 7) is 7.27. The number of ether oxygens (including phenoxy) is 1. The second-order valence-electron chi connectivity index (χ2n) is 6.69. The highest BCUT2D eigenvalue weighted by Crippen LogP contribution is 2.29. The number of amides is 1. The van der Waals surface area contributed by atoms with Crippen LogP contribution in [0.2, 0.25) is 0 Å². The molecule has 22 heavy (non-hydrogen) atoms. The first-order chi connectivity index (χ1) is 10.2. The summed E-state index contributed by atoms with van der Waals surface area (Å²) in [7, 11) is 0. The molecule has 3 atom stereocenters. The lowest BCUT2D eigenvalue weighted by atomic mass is 10.1. The minimum absolute atomic E-state index is 0.00648. The summed E-state index contributed by atoms with van der Waals surface area (Å²) in [6, 6.07) is 3.73. The van der Waals surface area contributed by atoms with Crippen LogP contribution in [0.25, 0.3) is 0 Å². The van der Waals surface area contributed by atoms with Crippen molar-refractivity contribution in [3.05, 3.63) is 29.6 Å². The molecule has 1 aliphatic carbocycles. The topological polar surface area (TPSA) is 70.6 Å². The van der Waals surface area contributed by atoms with E-state index in [1.165, 1.54) is 18.2 Å². The molecule has 1 aromatic rings. The third-order valence-corrected chi connectivity index (χ3v) is 3.41. The van der Waals surface area contributed by atoms with E-state index in [2.05, 4.69) is 10.6 Å². The van der Waals surface area contributed by atoms with Gasteiger partial charge in [0.05, 0.1) is 0 Å². The summed E-state index contributed by atoms with van der Waals surface area (Å²) in [5.41, 5.74) is -0.0226. The zero-order valence-corrected chi connectivity index (χ0v) is 13.3. The van der Waals surface area contributed by atoms with Crippen LogP contribution < -0.4 is 10.6 Å². The molecule has 1 saturated carbocycles. The van der Waals surface area contributed by atoms with E-state index in [0.29, 0.717) is 5.56 Å². The van der Waals surface area contributed by atoms with Crippen molar-refractivity contribution >= 4 is 6.09 Å². The fraction of sp³-hybridized carbons (Fsp3) is 0.562. The maximum absolute atomic E-state index is 13.3. The minimum atomic E-state index is -0.525. The predicted molar refractivity (Wildman–Crippen MR) is 81.2 cm³/mol. The van der Waals surface area contributed by atoms with Gasteiger partial charge in [0.2, 0.25) is 0 Å². The number of benzene rings is 1. The van der Waals surface area contributed by atoms with E-state index in [0.717, 1.165) is 6.42 Å². The highest BCUT2D eigenvalue weighted by molar-refractivity contribution is 5.68. The Bertz CT molecular complexity index is 557. The summed E-state index contributed by atoms with van der Waals surface area (Å²) >= 11 is 0. The molecule has 2 rings (SSSR count). The van der Waals surface area contributed by atoms with Gasteiger partial charge in [-0.15, -0.1) is 0 Å². The van der Waals surface area contributed by atoms with Crippen molar-refractivity contribution in [2.45, 2.75) is 57.8 Å². The van der Waals surface area contributed by atoms with Crippen LogP contribution in [-0.4, -0.2) is 28.9 Å². The van der Waals surface area contributed by atoms with Gasteiger partial charge in [-0.2, -0.15) is 0 Å². The molecule has 122 valence electrons. The summed E-state index contributed by atoms with van der Waals surface area (Å²) in [5, 5.41) is 15.8. The van der Waals surface area contributed by atoms with Crippen LogP contribution in [0.15, 0.2) is 18.2 Å². The van der Waals surface area contributed by atoms with Gasteiger partial charge < -0.3 is 20.5 Å². The number of alkyl carbamates (subject to hydrolysis) is 1. The Hall–Kier alpha value is -1.82. The van der Waals surface area contributed by atoms with Crippen LogP contribution in [0.1, 0.15) is 45.7 Å². The Kier molecular flexibility index (Phi) is 4.60.